The minimum absolute atomic E-state index is 0.0500. The maximum atomic E-state index is 14.5. The van der Waals surface area contributed by atoms with Crippen LogP contribution >= 0.6 is 0 Å². The molecule has 1 atom stereocenters. The van der Waals surface area contributed by atoms with Crippen molar-refractivity contribution in [3.63, 3.8) is 0 Å². The first-order chi connectivity index (χ1) is 15.5. The monoisotopic (exact) mass is 439 g/mol. The highest BCUT2D eigenvalue weighted by molar-refractivity contribution is 5.92. The summed E-state index contributed by atoms with van der Waals surface area (Å²) in [6.45, 7) is 3.53. The number of rotatable bonds is 4. The number of piperazine rings is 1. The molecule has 2 aliphatic heterocycles. The van der Waals surface area contributed by atoms with Crippen LogP contribution in [-0.2, 0) is 6.42 Å². The van der Waals surface area contributed by atoms with Crippen molar-refractivity contribution in [2.45, 2.75) is 25.3 Å². The van der Waals surface area contributed by atoms with E-state index in [0.717, 1.165) is 42.8 Å². The number of aromatic amines is 1. The quantitative estimate of drug-likeness (QED) is 0.703. The molecule has 0 aromatic carbocycles. The highest BCUT2D eigenvalue weighted by atomic mass is 19.1. The lowest BCUT2D eigenvalue weighted by atomic mass is 10.1. The Bertz CT molecular complexity index is 1140. The number of nitrogens with zero attached hydrogens (tertiary/aromatic N) is 3. The van der Waals surface area contributed by atoms with Crippen LogP contribution in [0, 0.1) is 5.95 Å². The van der Waals surface area contributed by atoms with E-state index in [2.05, 4.69) is 26.3 Å². The molecule has 2 N–H and O–H groups in total. The van der Waals surface area contributed by atoms with Crippen molar-refractivity contribution in [3.8, 4) is 5.75 Å². The molecule has 2 aromatic rings. The molecule has 168 valence electrons. The highest BCUT2D eigenvalue weighted by Gasteiger charge is 2.29. The molecule has 0 saturated carbocycles. The summed E-state index contributed by atoms with van der Waals surface area (Å²) in [4.78, 5) is 35.2. The molecular formula is C23H26FN5O3. The molecule has 4 heterocycles. The lowest BCUT2D eigenvalue weighted by molar-refractivity contribution is 0.0957. The number of carbonyl (C=O) groups is 1. The van der Waals surface area contributed by atoms with Crippen molar-refractivity contribution in [2.75, 3.05) is 44.7 Å². The Morgan fingerprint density at radius 1 is 1.25 bits per heavy atom. The van der Waals surface area contributed by atoms with Crippen LogP contribution in [-0.4, -0.2) is 66.7 Å². The zero-order valence-electron chi connectivity index (χ0n) is 18.0. The van der Waals surface area contributed by atoms with Crippen LogP contribution in [0.25, 0.3) is 5.57 Å². The molecule has 1 aliphatic carbocycles. The van der Waals surface area contributed by atoms with Gasteiger partial charge < -0.3 is 19.9 Å². The molecule has 5 rings (SSSR count). The average molecular weight is 439 g/mol. The van der Waals surface area contributed by atoms with Crippen molar-refractivity contribution in [1.82, 2.24) is 20.2 Å². The van der Waals surface area contributed by atoms with Gasteiger partial charge in [0.05, 0.1) is 17.9 Å². The maximum Gasteiger partial charge on any atom is 0.269 e. The van der Waals surface area contributed by atoms with Gasteiger partial charge in [-0.3, -0.25) is 14.5 Å². The van der Waals surface area contributed by atoms with Gasteiger partial charge in [-0.15, -0.1) is 0 Å². The SMILES string of the molecule is CNC(=O)c1ccc(N2CCN(C3C=C(c4cc5c(c(=O)[nH]4)CCO5)CC3)CC2)c(F)n1. The Balaban J connectivity index is 1.25. The van der Waals surface area contributed by atoms with Crippen molar-refractivity contribution in [3.05, 3.63) is 57.5 Å². The molecule has 0 spiro atoms. The number of allylic oxidation sites excluding steroid dienone is 1. The normalized spacial score (nSPS) is 20.6. The maximum absolute atomic E-state index is 14.5. The van der Waals surface area contributed by atoms with Crippen LogP contribution in [0.2, 0.25) is 0 Å². The summed E-state index contributed by atoms with van der Waals surface area (Å²) < 4.78 is 20.1. The molecule has 8 nitrogen and oxygen atoms in total. The molecule has 0 bridgehead atoms. The van der Waals surface area contributed by atoms with Crippen LogP contribution in [0.1, 0.15) is 34.6 Å². The number of hydrogen-bond donors (Lipinski definition) is 2. The summed E-state index contributed by atoms with van der Waals surface area (Å²) in [5, 5.41) is 2.45. The molecule has 9 heteroatoms. The Labute approximate surface area is 185 Å². The fraction of sp³-hybridized carbons (Fsp3) is 0.435. The van der Waals surface area contributed by atoms with Gasteiger partial charge in [-0.25, -0.2) is 4.98 Å². The smallest absolute Gasteiger partial charge is 0.269 e. The third kappa shape index (κ3) is 3.77. The van der Waals surface area contributed by atoms with Gasteiger partial charge in [0.1, 0.15) is 11.4 Å². The number of ether oxygens (including phenoxy) is 1. The minimum atomic E-state index is -0.620. The van der Waals surface area contributed by atoms with E-state index in [1.807, 2.05) is 11.0 Å². The van der Waals surface area contributed by atoms with E-state index in [1.54, 1.807) is 12.1 Å². The van der Waals surface area contributed by atoms with Gasteiger partial charge in [0.15, 0.2) is 0 Å². The third-order valence-corrected chi connectivity index (χ3v) is 6.57. The van der Waals surface area contributed by atoms with Gasteiger partial charge in [-0.05, 0) is 30.5 Å². The average Bonchev–Trinajstić information content (AvgIpc) is 3.49. The van der Waals surface area contributed by atoms with E-state index in [0.29, 0.717) is 43.6 Å². The second-order valence-corrected chi connectivity index (χ2v) is 8.36. The second-order valence-electron chi connectivity index (χ2n) is 8.36. The first kappa shape index (κ1) is 20.7. The summed E-state index contributed by atoms with van der Waals surface area (Å²) in [6, 6.07) is 5.43. The number of carbonyl (C=O) groups excluding carboxylic acids is 1. The number of amides is 1. The number of hydrogen-bond acceptors (Lipinski definition) is 6. The molecule has 1 amide bonds. The number of anilines is 1. The zero-order chi connectivity index (χ0) is 22.2. The van der Waals surface area contributed by atoms with Gasteiger partial charge in [-0.2, -0.15) is 4.39 Å². The van der Waals surface area contributed by atoms with E-state index in [-0.39, 0.29) is 11.3 Å². The fourth-order valence-electron chi connectivity index (χ4n) is 4.79. The van der Waals surface area contributed by atoms with Gasteiger partial charge in [-0.1, -0.05) is 6.08 Å². The van der Waals surface area contributed by atoms with Crippen LogP contribution < -0.4 is 20.5 Å². The van der Waals surface area contributed by atoms with Gasteiger partial charge >= 0.3 is 0 Å². The van der Waals surface area contributed by atoms with Crippen LogP contribution in [0.15, 0.2) is 29.1 Å². The number of nitrogens with one attached hydrogen (secondary N) is 2. The zero-order valence-corrected chi connectivity index (χ0v) is 18.0. The standard InChI is InChI=1S/C23H26FN5O3/c1-25-23(31)17-4-5-19(21(24)26-17)29-9-7-28(8-10-29)15-3-2-14(12-15)18-13-20-16(6-11-32-20)22(30)27-18/h4-5,12-13,15H,2-3,6-11H2,1H3,(H,25,31)(H,27,30). The summed E-state index contributed by atoms with van der Waals surface area (Å²) in [5.74, 6) is -0.314. The van der Waals surface area contributed by atoms with E-state index in [4.69, 9.17) is 4.74 Å². The first-order valence-electron chi connectivity index (χ1n) is 11.0. The highest BCUT2D eigenvalue weighted by Crippen LogP contribution is 2.33. The van der Waals surface area contributed by atoms with Crippen LogP contribution in [0.5, 0.6) is 5.75 Å². The molecule has 1 fully saturated rings. The van der Waals surface area contributed by atoms with Gasteiger partial charge in [0.2, 0.25) is 5.95 Å². The van der Waals surface area contributed by atoms with Crippen molar-refractivity contribution < 1.29 is 13.9 Å². The number of pyridine rings is 2. The Hall–Kier alpha value is -3.20. The summed E-state index contributed by atoms with van der Waals surface area (Å²) in [5.41, 5.74) is 3.19. The Kier molecular flexibility index (Phi) is 5.42. The molecular weight excluding hydrogens is 413 g/mol. The largest absolute Gasteiger partial charge is 0.493 e. The predicted octanol–water partition coefficient (Wildman–Crippen LogP) is 1.57. The van der Waals surface area contributed by atoms with Crippen LogP contribution in [0.3, 0.4) is 0 Å². The third-order valence-electron chi connectivity index (χ3n) is 6.57. The summed E-state index contributed by atoms with van der Waals surface area (Å²) in [7, 11) is 1.49. The van der Waals surface area contributed by atoms with E-state index >= 15 is 0 Å². The summed E-state index contributed by atoms with van der Waals surface area (Å²) >= 11 is 0. The summed E-state index contributed by atoms with van der Waals surface area (Å²) in [6.07, 6.45) is 4.80. The predicted molar refractivity (Wildman–Crippen MR) is 119 cm³/mol. The number of halogens is 1. The number of H-pyrrole nitrogens is 1. The fourth-order valence-corrected chi connectivity index (χ4v) is 4.79. The van der Waals surface area contributed by atoms with Crippen molar-refractivity contribution >= 4 is 17.2 Å². The molecule has 0 radical (unpaired) electrons. The van der Waals surface area contributed by atoms with Crippen LogP contribution in [0.4, 0.5) is 10.1 Å². The topological polar surface area (TPSA) is 90.6 Å². The molecule has 3 aliphatic rings. The minimum Gasteiger partial charge on any atom is -0.493 e. The van der Waals surface area contributed by atoms with E-state index in [1.165, 1.54) is 7.05 Å². The van der Waals surface area contributed by atoms with E-state index < -0.39 is 11.9 Å². The van der Waals surface area contributed by atoms with Gasteiger partial charge in [0.25, 0.3) is 11.5 Å². The molecule has 1 unspecified atom stereocenters. The van der Waals surface area contributed by atoms with Gasteiger partial charge in [0, 0.05) is 57.4 Å². The Morgan fingerprint density at radius 3 is 2.81 bits per heavy atom. The number of fused-ring (bicyclic) bond motifs is 1. The lowest BCUT2D eigenvalue weighted by Crippen LogP contribution is -2.49. The van der Waals surface area contributed by atoms with Crippen molar-refractivity contribution in [1.29, 1.82) is 0 Å². The number of aromatic nitrogens is 2. The second kappa shape index (κ2) is 8.38. The first-order valence-corrected chi connectivity index (χ1v) is 11.0. The molecule has 1 saturated heterocycles. The van der Waals surface area contributed by atoms with E-state index in [9.17, 15) is 14.0 Å². The molecule has 32 heavy (non-hydrogen) atoms. The van der Waals surface area contributed by atoms with Crippen molar-refractivity contribution in [2.24, 2.45) is 0 Å². The lowest BCUT2D eigenvalue weighted by Gasteiger charge is -2.38. The Morgan fingerprint density at radius 2 is 2.06 bits per heavy atom. The molecule has 2 aromatic heterocycles.